The topological polar surface area (TPSA) is 79.4 Å². The molecule has 1 aromatic carbocycles. The van der Waals surface area contributed by atoms with Crippen LogP contribution >= 0.6 is 11.3 Å². The number of benzene rings is 1. The van der Waals surface area contributed by atoms with E-state index in [9.17, 15) is 18.8 Å². The maximum absolute atomic E-state index is 13.4. The van der Waals surface area contributed by atoms with Gasteiger partial charge in [-0.25, -0.2) is 9.37 Å². The Morgan fingerprint density at radius 1 is 1.24 bits per heavy atom. The minimum Gasteiger partial charge on any atom is -0.300 e. The quantitative estimate of drug-likeness (QED) is 0.596. The number of halogens is 1. The van der Waals surface area contributed by atoms with Crippen molar-refractivity contribution in [2.75, 3.05) is 5.32 Å². The molecule has 0 bridgehead atoms. The van der Waals surface area contributed by atoms with Crippen LogP contribution in [0.2, 0.25) is 0 Å². The molecule has 8 heteroatoms. The summed E-state index contributed by atoms with van der Waals surface area (Å²) in [6, 6.07) is 3.34. The maximum atomic E-state index is 13.4. The first-order valence-corrected chi connectivity index (χ1v) is 10.6. The molecule has 0 spiro atoms. The van der Waals surface area contributed by atoms with E-state index in [4.69, 9.17) is 0 Å². The zero-order valence-corrected chi connectivity index (χ0v) is 17.0. The molecule has 1 aliphatic carbocycles. The number of carbonyl (C=O) groups is 3. The van der Waals surface area contributed by atoms with Gasteiger partial charge in [0.1, 0.15) is 11.9 Å². The second kappa shape index (κ2) is 7.67. The van der Waals surface area contributed by atoms with Crippen LogP contribution in [-0.2, 0) is 14.4 Å². The summed E-state index contributed by atoms with van der Waals surface area (Å²) in [5.74, 6) is -1.99. The highest BCUT2D eigenvalue weighted by atomic mass is 32.1. The monoisotopic (exact) mass is 415 g/mol. The molecule has 2 aromatic rings. The summed E-state index contributed by atoms with van der Waals surface area (Å²) in [5, 5.41) is 3.06. The normalized spacial score (nSPS) is 22.4. The average molecular weight is 415 g/mol. The highest BCUT2D eigenvalue weighted by Gasteiger charge is 2.51. The van der Waals surface area contributed by atoms with Crippen molar-refractivity contribution in [2.24, 2.45) is 17.8 Å². The van der Waals surface area contributed by atoms with Gasteiger partial charge in [-0.2, -0.15) is 0 Å². The van der Waals surface area contributed by atoms with Crippen LogP contribution in [0.5, 0.6) is 0 Å². The SMILES string of the molecule is CC(C)C[C@@H](C(=O)Nc1nc2ccc(F)cc2s1)N1C(=O)[C@H]2CC=CC[C@@H]2C1=O. The van der Waals surface area contributed by atoms with Gasteiger partial charge in [0.25, 0.3) is 0 Å². The van der Waals surface area contributed by atoms with Crippen molar-refractivity contribution < 1.29 is 18.8 Å². The third-order valence-corrected chi connectivity index (χ3v) is 6.36. The van der Waals surface area contributed by atoms with Crippen molar-refractivity contribution in [1.82, 2.24) is 9.88 Å². The van der Waals surface area contributed by atoms with Crippen LogP contribution in [0, 0.1) is 23.6 Å². The molecular weight excluding hydrogens is 393 g/mol. The molecule has 6 nitrogen and oxygen atoms in total. The molecular formula is C21H22FN3O3S. The Hall–Kier alpha value is -2.61. The molecule has 1 aromatic heterocycles. The second-order valence-electron chi connectivity index (χ2n) is 7.97. The molecule has 1 aliphatic heterocycles. The smallest absolute Gasteiger partial charge is 0.249 e. The van der Waals surface area contributed by atoms with Gasteiger partial charge < -0.3 is 5.32 Å². The van der Waals surface area contributed by atoms with Crippen molar-refractivity contribution in [3.63, 3.8) is 0 Å². The summed E-state index contributed by atoms with van der Waals surface area (Å²) in [4.78, 5) is 44.5. The summed E-state index contributed by atoms with van der Waals surface area (Å²) in [6.07, 6.45) is 5.29. The molecule has 1 N–H and O–H groups in total. The number of aromatic nitrogens is 1. The Kier molecular flexibility index (Phi) is 5.21. The minimum absolute atomic E-state index is 0.108. The number of likely N-dealkylation sites (tertiary alicyclic amines) is 1. The largest absolute Gasteiger partial charge is 0.300 e. The van der Waals surface area contributed by atoms with Gasteiger partial charge in [0.2, 0.25) is 17.7 Å². The highest BCUT2D eigenvalue weighted by molar-refractivity contribution is 7.22. The molecule has 1 fully saturated rings. The zero-order chi connectivity index (χ0) is 20.7. The van der Waals surface area contributed by atoms with Crippen LogP contribution in [0.1, 0.15) is 33.1 Å². The first kappa shape index (κ1) is 19.7. The van der Waals surface area contributed by atoms with Gasteiger partial charge in [-0.1, -0.05) is 37.3 Å². The summed E-state index contributed by atoms with van der Waals surface area (Å²) in [5.41, 5.74) is 0.581. The summed E-state index contributed by atoms with van der Waals surface area (Å²) in [6.45, 7) is 3.89. The van der Waals surface area contributed by atoms with Gasteiger partial charge >= 0.3 is 0 Å². The molecule has 4 rings (SSSR count). The van der Waals surface area contributed by atoms with E-state index in [2.05, 4.69) is 10.3 Å². The molecule has 0 saturated carbocycles. The Morgan fingerprint density at radius 2 is 1.90 bits per heavy atom. The number of fused-ring (bicyclic) bond motifs is 2. The van der Waals surface area contributed by atoms with Crippen molar-refractivity contribution in [1.29, 1.82) is 0 Å². The van der Waals surface area contributed by atoms with Crippen LogP contribution in [0.3, 0.4) is 0 Å². The molecule has 3 amide bonds. The van der Waals surface area contributed by atoms with Gasteiger partial charge in [0.05, 0.1) is 22.1 Å². The number of hydrogen-bond acceptors (Lipinski definition) is 5. The van der Waals surface area contributed by atoms with Crippen LogP contribution in [-0.4, -0.2) is 33.6 Å². The van der Waals surface area contributed by atoms with Crippen molar-refractivity contribution >= 4 is 44.4 Å². The summed E-state index contributed by atoms with van der Waals surface area (Å²) < 4.78 is 14.0. The lowest BCUT2D eigenvalue weighted by atomic mass is 9.85. The zero-order valence-electron chi connectivity index (χ0n) is 16.2. The fourth-order valence-electron chi connectivity index (χ4n) is 4.05. The number of anilines is 1. The predicted molar refractivity (Wildman–Crippen MR) is 109 cm³/mol. The van der Waals surface area contributed by atoms with Crippen molar-refractivity contribution in [3.05, 3.63) is 36.2 Å². The first-order valence-electron chi connectivity index (χ1n) is 9.74. The Labute approximate surface area is 171 Å². The Morgan fingerprint density at radius 3 is 2.52 bits per heavy atom. The molecule has 0 unspecified atom stereocenters. The Bertz CT molecular complexity index is 990. The number of carbonyl (C=O) groups excluding carboxylic acids is 3. The van der Waals surface area contributed by atoms with Crippen molar-refractivity contribution in [2.45, 2.75) is 39.2 Å². The molecule has 29 heavy (non-hydrogen) atoms. The molecule has 152 valence electrons. The summed E-state index contributed by atoms with van der Waals surface area (Å²) in [7, 11) is 0. The number of nitrogens with one attached hydrogen (secondary N) is 1. The van der Waals surface area contributed by atoms with Crippen LogP contribution < -0.4 is 5.32 Å². The van der Waals surface area contributed by atoms with E-state index in [0.717, 1.165) is 11.3 Å². The number of amides is 3. The fraction of sp³-hybridized carbons (Fsp3) is 0.429. The van der Waals surface area contributed by atoms with Gasteiger partial charge in [0.15, 0.2) is 5.13 Å². The van der Waals surface area contributed by atoms with E-state index < -0.39 is 11.9 Å². The van der Waals surface area contributed by atoms with Crippen LogP contribution in [0.4, 0.5) is 9.52 Å². The van der Waals surface area contributed by atoms with E-state index in [1.807, 2.05) is 26.0 Å². The molecule has 2 aliphatic rings. The first-order chi connectivity index (χ1) is 13.8. The van der Waals surface area contributed by atoms with Gasteiger partial charge in [-0.15, -0.1) is 0 Å². The van der Waals surface area contributed by atoms with E-state index in [0.29, 0.717) is 34.6 Å². The number of allylic oxidation sites excluding steroid dienone is 2. The van der Waals surface area contributed by atoms with Crippen LogP contribution in [0.25, 0.3) is 10.2 Å². The number of rotatable bonds is 5. The fourth-order valence-corrected chi connectivity index (χ4v) is 4.94. The highest BCUT2D eigenvalue weighted by Crippen LogP contribution is 2.37. The maximum Gasteiger partial charge on any atom is 0.249 e. The minimum atomic E-state index is -0.885. The van der Waals surface area contributed by atoms with Gasteiger partial charge in [-0.3, -0.25) is 19.3 Å². The standard InChI is InChI=1S/C21H22FN3O3S/c1-11(2)9-16(25-19(27)13-5-3-4-6-14(13)20(25)28)18(26)24-21-23-15-8-7-12(22)10-17(15)29-21/h3-4,7-8,10-11,13-14,16H,5-6,9H2,1-2H3,(H,23,24,26)/t13-,14-,16-/m0/s1. The van der Waals surface area contributed by atoms with Crippen LogP contribution in [0.15, 0.2) is 30.4 Å². The van der Waals surface area contributed by atoms with Gasteiger partial charge in [0, 0.05) is 0 Å². The third kappa shape index (κ3) is 3.69. The summed E-state index contributed by atoms with van der Waals surface area (Å²) >= 11 is 1.16. The molecule has 1 saturated heterocycles. The van der Waals surface area contributed by atoms with Crippen molar-refractivity contribution in [3.8, 4) is 0 Å². The lowest BCUT2D eigenvalue weighted by Crippen LogP contribution is -2.48. The predicted octanol–water partition coefficient (Wildman–Crippen LogP) is 3.74. The van der Waals surface area contributed by atoms with E-state index in [1.54, 1.807) is 6.07 Å². The van der Waals surface area contributed by atoms with E-state index in [1.165, 1.54) is 17.0 Å². The number of hydrogen-bond donors (Lipinski definition) is 1. The average Bonchev–Trinajstić information content (AvgIpc) is 3.18. The Balaban J connectivity index is 1.59. The lowest BCUT2D eigenvalue weighted by molar-refractivity contribution is -0.147. The van der Waals surface area contributed by atoms with E-state index >= 15 is 0 Å². The lowest BCUT2D eigenvalue weighted by Gasteiger charge is -2.26. The molecule has 0 radical (unpaired) electrons. The van der Waals surface area contributed by atoms with Gasteiger partial charge in [-0.05, 0) is 43.4 Å². The third-order valence-electron chi connectivity index (χ3n) is 5.43. The second-order valence-corrected chi connectivity index (χ2v) is 9.00. The number of nitrogens with zero attached hydrogens (tertiary/aromatic N) is 2. The van der Waals surface area contributed by atoms with E-state index in [-0.39, 0.29) is 35.4 Å². The molecule has 3 atom stereocenters. The molecule has 2 heterocycles. The number of imide groups is 1. The number of thiazole rings is 1.